The average Bonchev–Trinajstić information content (AvgIpc) is 2.86. The molecule has 110 valence electrons. The van der Waals surface area contributed by atoms with Crippen LogP contribution in [0.15, 0.2) is 29.4 Å². The second-order valence-corrected chi connectivity index (χ2v) is 6.58. The van der Waals surface area contributed by atoms with Crippen LogP contribution in [-0.4, -0.2) is 16.7 Å². The second kappa shape index (κ2) is 6.66. The lowest BCUT2D eigenvalue weighted by molar-refractivity contribution is 0.0959. The Balaban J connectivity index is 2.20. The van der Waals surface area contributed by atoms with E-state index in [1.165, 1.54) is 12.1 Å². The number of carbonyl (C=O) groups is 1. The van der Waals surface area contributed by atoms with Gasteiger partial charge in [-0.2, -0.15) is 5.10 Å². The van der Waals surface area contributed by atoms with Crippen molar-refractivity contribution >= 4 is 57.8 Å². The van der Waals surface area contributed by atoms with Crippen molar-refractivity contribution in [1.29, 1.82) is 0 Å². The lowest BCUT2D eigenvalue weighted by atomic mass is 10.1. The first-order valence-corrected chi connectivity index (χ1v) is 7.62. The highest BCUT2D eigenvalue weighted by molar-refractivity contribution is 7.17. The van der Waals surface area contributed by atoms with Crippen LogP contribution in [0.4, 0.5) is 0 Å². The number of rotatable bonds is 3. The number of carbonyl (C=O) groups excluding carboxylic acids is 1. The van der Waals surface area contributed by atoms with Crippen molar-refractivity contribution in [2.45, 2.75) is 6.92 Å². The number of phenols is 1. The van der Waals surface area contributed by atoms with Gasteiger partial charge in [0.2, 0.25) is 0 Å². The first-order valence-electron chi connectivity index (χ1n) is 5.67. The van der Waals surface area contributed by atoms with E-state index in [9.17, 15) is 9.90 Å². The van der Waals surface area contributed by atoms with Gasteiger partial charge in [-0.15, -0.1) is 11.3 Å². The Kier molecular flexibility index (Phi) is 5.11. The average molecular weight is 364 g/mol. The molecule has 0 aliphatic heterocycles. The largest absolute Gasteiger partial charge is 0.506 e. The van der Waals surface area contributed by atoms with Crippen LogP contribution in [0.5, 0.6) is 5.75 Å². The number of hydrogen-bond acceptors (Lipinski definition) is 4. The van der Waals surface area contributed by atoms with E-state index < -0.39 is 0 Å². The molecule has 0 aliphatic rings. The molecule has 0 unspecified atom stereocenters. The zero-order valence-electron chi connectivity index (χ0n) is 10.7. The summed E-state index contributed by atoms with van der Waals surface area (Å²) in [4.78, 5) is 12.3. The Morgan fingerprint density at radius 2 is 2.00 bits per heavy atom. The molecule has 0 atom stereocenters. The van der Waals surface area contributed by atoms with Gasteiger partial charge >= 0.3 is 0 Å². The fraction of sp³-hybridized carbons (Fsp3) is 0.0769. The van der Waals surface area contributed by atoms with Crippen molar-refractivity contribution in [3.63, 3.8) is 0 Å². The molecular weight excluding hydrogens is 355 g/mol. The summed E-state index contributed by atoms with van der Waals surface area (Å²) in [6, 6.07) is 6.15. The minimum atomic E-state index is -0.390. The molecule has 0 bridgehead atoms. The quantitative estimate of drug-likeness (QED) is 0.620. The first kappa shape index (κ1) is 16.1. The standard InChI is InChI=1S/C13H9Cl3N2O2S/c1-6(8-4-7(14)5-9(15)12(8)19)17-18-13(20)10-2-3-11(16)21-10/h2-5,19H,1H3,(H,18,20). The number of amides is 1. The van der Waals surface area contributed by atoms with E-state index in [4.69, 9.17) is 34.8 Å². The van der Waals surface area contributed by atoms with E-state index in [2.05, 4.69) is 10.5 Å². The van der Waals surface area contributed by atoms with Crippen molar-refractivity contribution in [3.8, 4) is 5.75 Å². The maximum atomic E-state index is 11.8. The van der Waals surface area contributed by atoms with Crippen molar-refractivity contribution in [2.24, 2.45) is 5.10 Å². The molecule has 4 nitrogen and oxygen atoms in total. The molecule has 0 spiro atoms. The van der Waals surface area contributed by atoms with Gasteiger partial charge in [-0.25, -0.2) is 5.43 Å². The van der Waals surface area contributed by atoms with Crippen molar-refractivity contribution < 1.29 is 9.90 Å². The molecule has 8 heteroatoms. The van der Waals surface area contributed by atoms with E-state index in [0.29, 0.717) is 25.5 Å². The lowest BCUT2D eigenvalue weighted by Gasteiger charge is -2.07. The number of nitrogens with zero attached hydrogens (tertiary/aromatic N) is 1. The molecule has 0 saturated carbocycles. The number of hydrazone groups is 1. The maximum absolute atomic E-state index is 11.8. The Hall–Kier alpha value is -1.27. The summed E-state index contributed by atoms with van der Waals surface area (Å²) in [7, 11) is 0. The second-order valence-electron chi connectivity index (χ2n) is 4.03. The summed E-state index contributed by atoms with van der Waals surface area (Å²) in [6.45, 7) is 1.61. The fourth-order valence-corrected chi connectivity index (χ4v) is 2.95. The van der Waals surface area contributed by atoms with Gasteiger partial charge in [0.1, 0.15) is 5.75 Å². The van der Waals surface area contributed by atoms with Gasteiger partial charge < -0.3 is 5.11 Å². The molecule has 21 heavy (non-hydrogen) atoms. The first-order chi connectivity index (χ1) is 9.88. The number of benzene rings is 1. The van der Waals surface area contributed by atoms with E-state index in [1.54, 1.807) is 19.1 Å². The zero-order valence-corrected chi connectivity index (χ0v) is 13.7. The van der Waals surface area contributed by atoms with Crippen LogP contribution >= 0.6 is 46.1 Å². The predicted molar refractivity (Wildman–Crippen MR) is 87.1 cm³/mol. The van der Waals surface area contributed by atoms with Crippen LogP contribution in [0.1, 0.15) is 22.2 Å². The minimum absolute atomic E-state index is 0.114. The summed E-state index contributed by atoms with van der Waals surface area (Å²) in [5.41, 5.74) is 3.09. The normalized spacial score (nSPS) is 11.5. The van der Waals surface area contributed by atoms with Crippen LogP contribution in [0, 0.1) is 0 Å². The number of halogens is 3. The molecule has 0 fully saturated rings. The third-order valence-electron chi connectivity index (χ3n) is 2.54. The maximum Gasteiger partial charge on any atom is 0.281 e. The summed E-state index contributed by atoms with van der Waals surface area (Å²) in [5, 5.41) is 14.3. The van der Waals surface area contributed by atoms with Crippen molar-refractivity contribution in [3.05, 3.63) is 49.1 Å². The number of phenolic OH excluding ortho intramolecular Hbond substituents is 1. The van der Waals surface area contributed by atoms with Gasteiger partial charge in [-0.3, -0.25) is 4.79 Å². The molecule has 2 aromatic rings. The number of thiophene rings is 1. The molecule has 1 aromatic carbocycles. The highest BCUT2D eigenvalue weighted by atomic mass is 35.5. The van der Waals surface area contributed by atoms with Gasteiger partial charge in [0, 0.05) is 10.6 Å². The van der Waals surface area contributed by atoms with Crippen molar-refractivity contribution in [2.75, 3.05) is 0 Å². The third-order valence-corrected chi connectivity index (χ3v) is 4.28. The van der Waals surface area contributed by atoms with E-state index in [1.807, 2.05) is 0 Å². The Bertz CT molecular complexity index is 728. The molecule has 1 aromatic heterocycles. The summed E-state index contributed by atoms with van der Waals surface area (Å²) in [5.74, 6) is -0.533. The van der Waals surface area contributed by atoms with Gasteiger partial charge in [0.05, 0.1) is 19.9 Å². The molecule has 0 saturated heterocycles. The minimum Gasteiger partial charge on any atom is -0.506 e. The number of aromatic hydroxyl groups is 1. The Morgan fingerprint density at radius 1 is 1.29 bits per heavy atom. The highest BCUT2D eigenvalue weighted by Crippen LogP contribution is 2.31. The Labute approximate surface area is 140 Å². The zero-order chi connectivity index (χ0) is 15.6. The number of hydrogen-bond donors (Lipinski definition) is 2. The molecule has 2 N–H and O–H groups in total. The van der Waals surface area contributed by atoms with E-state index in [0.717, 1.165) is 11.3 Å². The van der Waals surface area contributed by atoms with Crippen LogP contribution < -0.4 is 5.43 Å². The van der Waals surface area contributed by atoms with Crippen LogP contribution in [-0.2, 0) is 0 Å². The summed E-state index contributed by atoms with van der Waals surface area (Å²) in [6.07, 6.45) is 0. The monoisotopic (exact) mass is 362 g/mol. The van der Waals surface area contributed by atoms with Crippen LogP contribution in [0.25, 0.3) is 0 Å². The van der Waals surface area contributed by atoms with Crippen molar-refractivity contribution in [1.82, 2.24) is 5.43 Å². The molecular formula is C13H9Cl3N2O2S. The SMILES string of the molecule is CC(=NNC(=O)c1ccc(Cl)s1)c1cc(Cl)cc(Cl)c1O. The predicted octanol–water partition coefficient (Wildman–Crippen LogP) is 4.57. The number of nitrogens with one attached hydrogen (secondary N) is 1. The smallest absolute Gasteiger partial charge is 0.281 e. The molecule has 1 heterocycles. The fourth-order valence-electron chi connectivity index (χ4n) is 1.53. The van der Waals surface area contributed by atoms with Crippen LogP contribution in [0.3, 0.4) is 0 Å². The van der Waals surface area contributed by atoms with Gasteiger partial charge in [-0.05, 0) is 31.2 Å². The molecule has 0 radical (unpaired) electrons. The van der Waals surface area contributed by atoms with Gasteiger partial charge in [-0.1, -0.05) is 34.8 Å². The Morgan fingerprint density at radius 3 is 2.62 bits per heavy atom. The van der Waals surface area contributed by atoms with E-state index in [-0.39, 0.29) is 16.7 Å². The third kappa shape index (κ3) is 3.89. The summed E-state index contributed by atoms with van der Waals surface area (Å²) >= 11 is 18.6. The van der Waals surface area contributed by atoms with Gasteiger partial charge in [0.15, 0.2) is 0 Å². The highest BCUT2D eigenvalue weighted by Gasteiger charge is 2.12. The van der Waals surface area contributed by atoms with E-state index >= 15 is 0 Å². The summed E-state index contributed by atoms with van der Waals surface area (Å²) < 4.78 is 0.514. The molecule has 2 rings (SSSR count). The molecule has 1 amide bonds. The lowest BCUT2D eigenvalue weighted by Crippen LogP contribution is -2.18. The van der Waals surface area contributed by atoms with Gasteiger partial charge in [0.25, 0.3) is 5.91 Å². The topological polar surface area (TPSA) is 61.7 Å². The molecule has 0 aliphatic carbocycles. The van der Waals surface area contributed by atoms with Crippen LogP contribution in [0.2, 0.25) is 14.4 Å².